The zero-order chi connectivity index (χ0) is 19.2. The number of hydrogen-bond donors (Lipinski definition) is 1. The number of thiazole rings is 1. The van der Waals surface area contributed by atoms with Crippen molar-refractivity contribution < 1.29 is 9.47 Å². The second-order valence-electron chi connectivity index (χ2n) is 7.23. The molecular weight excluding hydrogens is 380 g/mol. The van der Waals surface area contributed by atoms with E-state index in [1.54, 1.807) is 18.4 Å². The molecule has 0 atom stereocenters. The molecule has 2 aromatic carbocycles. The molecule has 0 saturated heterocycles. The summed E-state index contributed by atoms with van der Waals surface area (Å²) in [5.41, 5.74) is 3.76. The number of halogens is 1. The highest BCUT2D eigenvalue weighted by Gasteiger charge is 2.33. The Bertz CT molecular complexity index is 1010. The minimum Gasteiger partial charge on any atom is -0.493 e. The average molecular weight is 401 g/mol. The zero-order valence-corrected chi connectivity index (χ0v) is 17.3. The molecule has 0 unspecified atom stereocenters. The highest BCUT2D eigenvalue weighted by atomic mass is 35.5. The number of fused-ring (bicyclic) bond motifs is 1. The van der Waals surface area contributed by atoms with Crippen molar-refractivity contribution in [2.24, 2.45) is 0 Å². The molecular formula is C21H21ClN2O2S. The lowest BCUT2D eigenvalue weighted by molar-refractivity contribution is 0.134. The summed E-state index contributed by atoms with van der Waals surface area (Å²) in [5, 5.41) is 4.80. The summed E-state index contributed by atoms with van der Waals surface area (Å²) in [7, 11) is 1.67. The van der Waals surface area contributed by atoms with Crippen molar-refractivity contribution in [2.75, 3.05) is 12.4 Å². The van der Waals surface area contributed by atoms with E-state index in [1.807, 2.05) is 30.3 Å². The van der Waals surface area contributed by atoms with Crippen molar-refractivity contribution in [3.8, 4) is 22.8 Å². The molecule has 4 nitrogen and oxygen atoms in total. The van der Waals surface area contributed by atoms with E-state index in [0.717, 1.165) is 50.4 Å². The number of rotatable bonds is 4. The van der Waals surface area contributed by atoms with Gasteiger partial charge in [0.15, 0.2) is 16.6 Å². The Balaban J connectivity index is 1.71. The van der Waals surface area contributed by atoms with Gasteiger partial charge in [-0.05, 0) is 45.0 Å². The van der Waals surface area contributed by atoms with Gasteiger partial charge in [0, 0.05) is 22.4 Å². The highest BCUT2D eigenvalue weighted by molar-refractivity contribution is 7.16. The van der Waals surface area contributed by atoms with Gasteiger partial charge in [-0.2, -0.15) is 0 Å². The van der Waals surface area contributed by atoms with Crippen molar-refractivity contribution in [1.82, 2.24) is 4.98 Å². The molecule has 1 N–H and O–H groups in total. The Morgan fingerprint density at radius 3 is 2.78 bits per heavy atom. The summed E-state index contributed by atoms with van der Waals surface area (Å²) in [6.45, 7) is 6.25. The number of nitrogens with zero attached hydrogens (tertiary/aromatic N) is 1. The minimum absolute atomic E-state index is 0.220. The molecule has 140 valence electrons. The number of aryl methyl sites for hydroxylation is 1. The molecule has 1 aliphatic rings. The number of aromatic nitrogens is 1. The molecule has 3 aromatic rings. The third-order valence-electron chi connectivity index (χ3n) is 4.53. The summed E-state index contributed by atoms with van der Waals surface area (Å²) in [6.07, 6.45) is 0.848. The molecule has 1 aromatic heterocycles. The predicted octanol–water partition coefficient (Wildman–Crippen LogP) is 6.24. The molecule has 0 aliphatic carbocycles. The second kappa shape index (κ2) is 6.73. The highest BCUT2D eigenvalue weighted by Crippen LogP contribution is 2.45. The van der Waals surface area contributed by atoms with Gasteiger partial charge in [0.1, 0.15) is 5.60 Å². The Labute approximate surface area is 168 Å². The molecule has 0 radical (unpaired) electrons. The Morgan fingerprint density at radius 2 is 2.04 bits per heavy atom. The van der Waals surface area contributed by atoms with Gasteiger partial charge in [0.2, 0.25) is 0 Å². The van der Waals surface area contributed by atoms with E-state index >= 15 is 0 Å². The third-order valence-corrected chi connectivity index (χ3v) is 5.75. The molecule has 0 spiro atoms. The van der Waals surface area contributed by atoms with E-state index in [0.29, 0.717) is 5.02 Å². The summed E-state index contributed by atoms with van der Waals surface area (Å²) in [6, 6.07) is 11.8. The molecule has 0 amide bonds. The molecule has 0 bridgehead atoms. The maximum absolute atomic E-state index is 6.25. The first-order valence-electron chi connectivity index (χ1n) is 8.75. The largest absolute Gasteiger partial charge is 0.493 e. The Morgan fingerprint density at radius 1 is 1.26 bits per heavy atom. The van der Waals surface area contributed by atoms with Crippen LogP contribution in [0.5, 0.6) is 11.5 Å². The first kappa shape index (κ1) is 18.1. The number of hydrogen-bond acceptors (Lipinski definition) is 5. The van der Waals surface area contributed by atoms with Crippen LogP contribution in [0.15, 0.2) is 36.4 Å². The normalized spacial score (nSPS) is 14.6. The maximum atomic E-state index is 6.25. The van der Waals surface area contributed by atoms with Crippen molar-refractivity contribution >= 4 is 33.8 Å². The zero-order valence-electron chi connectivity index (χ0n) is 15.7. The van der Waals surface area contributed by atoms with Crippen molar-refractivity contribution in [1.29, 1.82) is 0 Å². The number of benzene rings is 2. The van der Waals surface area contributed by atoms with Crippen molar-refractivity contribution in [3.63, 3.8) is 0 Å². The van der Waals surface area contributed by atoms with Crippen LogP contribution in [0.1, 0.15) is 24.3 Å². The van der Waals surface area contributed by atoms with Gasteiger partial charge >= 0.3 is 0 Å². The lowest BCUT2D eigenvalue weighted by Crippen LogP contribution is -2.24. The van der Waals surface area contributed by atoms with Crippen LogP contribution in [0.2, 0.25) is 5.02 Å². The fourth-order valence-electron chi connectivity index (χ4n) is 3.36. The van der Waals surface area contributed by atoms with Gasteiger partial charge in [-0.25, -0.2) is 4.98 Å². The Kier molecular flexibility index (Phi) is 4.52. The first-order valence-corrected chi connectivity index (χ1v) is 9.95. The maximum Gasteiger partial charge on any atom is 0.188 e. The van der Waals surface area contributed by atoms with Crippen molar-refractivity contribution in [3.05, 3.63) is 51.9 Å². The molecule has 0 fully saturated rings. The van der Waals surface area contributed by atoms with E-state index in [4.69, 9.17) is 26.1 Å². The summed E-state index contributed by atoms with van der Waals surface area (Å²) in [5.74, 6) is 1.59. The van der Waals surface area contributed by atoms with E-state index in [1.165, 1.54) is 0 Å². The quantitative estimate of drug-likeness (QED) is 0.563. The molecule has 0 saturated carbocycles. The lowest BCUT2D eigenvalue weighted by Gasteiger charge is -2.17. The molecule has 1 aliphatic heterocycles. The van der Waals surface area contributed by atoms with Gasteiger partial charge < -0.3 is 14.8 Å². The van der Waals surface area contributed by atoms with Crippen LogP contribution in [-0.2, 0) is 6.42 Å². The van der Waals surface area contributed by atoms with Crippen LogP contribution in [0, 0.1) is 6.92 Å². The number of ether oxygens (including phenoxy) is 2. The number of methoxy groups -OCH3 is 1. The van der Waals surface area contributed by atoms with Gasteiger partial charge in [0.05, 0.1) is 23.5 Å². The third kappa shape index (κ3) is 3.49. The number of nitrogens with one attached hydrogen (secondary N) is 1. The lowest BCUT2D eigenvalue weighted by atomic mass is 9.99. The van der Waals surface area contributed by atoms with Crippen LogP contribution in [0.25, 0.3) is 11.3 Å². The minimum atomic E-state index is -0.220. The molecule has 4 rings (SSSR count). The fraction of sp³-hybridized carbons (Fsp3) is 0.286. The monoisotopic (exact) mass is 400 g/mol. The van der Waals surface area contributed by atoms with Gasteiger partial charge in [-0.15, -0.1) is 11.3 Å². The first-order chi connectivity index (χ1) is 12.9. The average Bonchev–Trinajstić information content (AvgIpc) is 3.13. The number of para-hydroxylation sites is 1. The van der Waals surface area contributed by atoms with Crippen molar-refractivity contribution in [2.45, 2.75) is 32.8 Å². The van der Waals surface area contributed by atoms with E-state index < -0.39 is 0 Å². The van der Waals surface area contributed by atoms with E-state index in [9.17, 15) is 0 Å². The van der Waals surface area contributed by atoms with Crippen LogP contribution in [0.3, 0.4) is 0 Å². The van der Waals surface area contributed by atoms with Gasteiger partial charge in [-0.1, -0.05) is 23.7 Å². The predicted molar refractivity (Wildman–Crippen MR) is 112 cm³/mol. The van der Waals surface area contributed by atoms with Crippen LogP contribution in [-0.4, -0.2) is 17.7 Å². The second-order valence-corrected chi connectivity index (χ2v) is 8.84. The topological polar surface area (TPSA) is 43.4 Å². The molecule has 2 heterocycles. The standard InChI is InChI=1S/C21H21ClN2O2S/c1-12-18(24-20(27-12)23-16-8-6-5-7-15(16)22)13-9-14-11-21(2,3)26-19(14)17(10-13)25-4/h5-10H,11H2,1-4H3,(H,23,24). The van der Waals surface area contributed by atoms with Gasteiger partial charge in [0.25, 0.3) is 0 Å². The summed E-state index contributed by atoms with van der Waals surface area (Å²) >= 11 is 7.86. The summed E-state index contributed by atoms with van der Waals surface area (Å²) in [4.78, 5) is 5.94. The Hall–Kier alpha value is -2.24. The summed E-state index contributed by atoms with van der Waals surface area (Å²) < 4.78 is 11.7. The van der Waals surface area contributed by atoms with Crippen LogP contribution < -0.4 is 14.8 Å². The smallest absolute Gasteiger partial charge is 0.188 e. The van der Waals surface area contributed by atoms with E-state index in [-0.39, 0.29) is 5.60 Å². The number of anilines is 2. The molecule has 27 heavy (non-hydrogen) atoms. The van der Waals surface area contributed by atoms with E-state index in [2.05, 4.69) is 32.2 Å². The van der Waals surface area contributed by atoms with Gasteiger partial charge in [-0.3, -0.25) is 0 Å². The van der Waals surface area contributed by atoms with Crippen LogP contribution >= 0.6 is 22.9 Å². The molecule has 6 heteroatoms. The van der Waals surface area contributed by atoms with Crippen LogP contribution in [0.4, 0.5) is 10.8 Å². The SMILES string of the molecule is COc1cc(-c2nc(Nc3ccccc3Cl)sc2C)cc2c1OC(C)(C)C2. The fourth-order valence-corrected chi connectivity index (χ4v) is 4.39.